The number of hydrogen-bond acceptors (Lipinski definition) is 4. The van der Waals surface area contributed by atoms with Gasteiger partial charge in [0.2, 0.25) is 0 Å². The number of rotatable bonds is 3. The Morgan fingerprint density at radius 2 is 2.20 bits per heavy atom. The highest BCUT2D eigenvalue weighted by Gasteiger charge is 2.42. The van der Waals surface area contributed by atoms with Crippen molar-refractivity contribution in [1.29, 1.82) is 5.41 Å². The Morgan fingerprint density at radius 1 is 1.40 bits per heavy atom. The van der Waals surface area contributed by atoms with Gasteiger partial charge < -0.3 is 20.5 Å². The Balaban J connectivity index is 1.91. The summed E-state index contributed by atoms with van der Waals surface area (Å²) in [6, 6.07) is 5.59. The van der Waals surface area contributed by atoms with E-state index in [1.54, 1.807) is 7.11 Å². The highest BCUT2D eigenvalue weighted by Crippen LogP contribution is 2.41. The summed E-state index contributed by atoms with van der Waals surface area (Å²) in [7, 11) is 1.63. The van der Waals surface area contributed by atoms with E-state index in [1.165, 1.54) is 0 Å². The Kier molecular flexibility index (Phi) is 3.30. The topological polar surface area (TPSA) is 82.6 Å². The molecule has 3 atom stereocenters. The van der Waals surface area contributed by atoms with E-state index < -0.39 is 0 Å². The van der Waals surface area contributed by atoms with Crippen LogP contribution in [0.3, 0.4) is 0 Å². The quantitative estimate of drug-likeness (QED) is 0.571. The molecule has 4 N–H and O–H groups in total. The van der Waals surface area contributed by atoms with Crippen molar-refractivity contribution in [1.82, 2.24) is 0 Å². The molecule has 1 aliphatic heterocycles. The lowest BCUT2D eigenvalue weighted by Crippen LogP contribution is -2.27. The van der Waals surface area contributed by atoms with Crippen molar-refractivity contribution >= 4 is 11.5 Å². The number of amidine groups is 1. The fourth-order valence-corrected chi connectivity index (χ4v) is 3.56. The number of aliphatic hydroxyl groups excluding tert-OH is 1. The summed E-state index contributed by atoms with van der Waals surface area (Å²) >= 11 is 0. The van der Waals surface area contributed by atoms with Crippen LogP contribution >= 0.6 is 0 Å². The Morgan fingerprint density at radius 3 is 2.85 bits per heavy atom. The van der Waals surface area contributed by atoms with Gasteiger partial charge in [0.1, 0.15) is 11.6 Å². The normalized spacial score (nSPS) is 28.5. The first-order valence-electron chi connectivity index (χ1n) is 7.05. The molecule has 2 aliphatic rings. The molecule has 1 aromatic rings. The molecule has 0 radical (unpaired) electrons. The van der Waals surface area contributed by atoms with Crippen molar-refractivity contribution in [2.75, 3.05) is 25.1 Å². The van der Waals surface area contributed by atoms with E-state index in [0.717, 1.165) is 42.9 Å². The van der Waals surface area contributed by atoms with Crippen LogP contribution in [0.2, 0.25) is 0 Å². The minimum Gasteiger partial charge on any atom is -0.497 e. The van der Waals surface area contributed by atoms with Crippen LogP contribution in [0.4, 0.5) is 5.69 Å². The zero-order valence-electron chi connectivity index (χ0n) is 11.7. The van der Waals surface area contributed by atoms with Crippen molar-refractivity contribution in [3.05, 3.63) is 23.8 Å². The lowest BCUT2D eigenvalue weighted by atomic mass is 10.00. The number of nitrogens with zero attached hydrogens (tertiary/aromatic N) is 1. The van der Waals surface area contributed by atoms with Gasteiger partial charge >= 0.3 is 0 Å². The van der Waals surface area contributed by atoms with Crippen molar-refractivity contribution < 1.29 is 9.84 Å². The number of aliphatic hydroxyl groups is 1. The lowest BCUT2D eigenvalue weighted by Gasteiger charge is -2.23. The smallest absolute Gasteiger partial charge is 0.124 e. The van der Waals surface area contributed by atoms with Crippen molar-refractivity contribution in [3.63, 3.8) is 0 Å². The molecule has 1 aliphatic carbocycles. The molecular formula is C15H21N3O2. The van der Waals surface area contributed by atoms with Gasteiger partial charge in [-0.25, -0.2) is 0 Å². The van der Waals surface area contributed by atoms with Crippen molar-refractivity contribution in [2.24, 2.45) is 17.6 Å². The van der Waals surface area contributed by atoms with Crippen LogP contribution in [0.25, 0.3) is 0 Å². The van der Waals surface area contributed by atoms with Gasteiger partial charge in [-0.3, -0.25) is 5.41 Å². The predicted octanol–water partition coefficient (Wildman–Crippen LogP) is 1.19. The van der Waals surface area contributed by atoms with Crippen LogP contribution in [-0.4, -0.2) is 37.2 Å². The van der Waals surface area contributed by atoms with E-state index in [1.807, 2.05) is 18.2 Å². The highest BCUT2D eigenvalue weighted by atomic mass is 16.5. The van der Waals surface area contributed by atoms with E-state index in [4.69, 9.17) is 15.9 Å². The molecule has 3 rings (SSSR count). The van der Waals surface area contributed by atoms with Gasteiger partial charge in [0, 0.05) is 30.6 Å². The second-order valence-electron chi connectivity index (χ2n) is 5.77. The van der Waals surface area contributed by atoms with Crippen LogP contribution in [-0.2, 0) is 0 Å². The second-order valence-corrected chi connectivity index (χ2v) is 5.77. The first-order chi connectivity index (χ1) is 9.60. The van der Waals surface area contributed by atoms with E-state index in [9.17, 15) is 5.11 Å². The number of methoxy groups -OCH3 is 1. The fraction of sp³-hybridized carbons (Fsp3) is 0.533. The summed E-state index contributed by atoms with van der Waals surface area (Å²) in [6.45, 7) is 1.76. The minimum atomic E-state index is -0.184. The lowest BCUT2D eigenvalue weighted by molar-refractivity contribution is 0.133. The molecule has 2 fully saturated rings. The van der Waals surface area contributed by atoms with E-state index in [2.05, 4.69) is 4.90 Å². The third-order valence-corrected chi connectivity index (χ3v) is 4.65. The summed E-state index contributed by atoms with van der Waals surface area (Å²) < 4.78 is 5.28. The third-order valence-electron chi connectivity index (χ3n) is 4.65. The molecule has 1 aromatic carbocycles. The molecule has 3 unspecified atom stereocenters. The number of hydrogen-bond donors (Lipinski definition) is 3. The molecule has 5 nitrogen and oxygen atoms in total. The molecule has 0 bridgehead atoms. The van der Waals surface area contributed by atoms with Gasteiger partial charge in [0.05, 0.1) is 18.9 Å². The summed E-state index contributed by atoms with van der Waals surface area (Å²) in [5.41, 5.74) is 7.36. The van der Waals surface area contributed by atoms with Crippen LogP contribution in [0.5, 0.6) is 5.75 Å². The summed E-state index contributed by atoms with van der Waals surface area (Å²) in [4.78, 5) is 2.23. The monoisotopic (exact) mass is 275 g/mol. The van der Waals surface area contributed by atoms with Crippen molar-refractivity contribution in [3.8, 4) is 5.75 Å². The molecule has 1 saturated carbocycles. The van der Waals surface area contributed by atoms with Gasteiger partial charge in [-0.2, -0.15) is 0 Å². The summed E-state index contributed by atoms with van der Waals surface area (Å²) in [5, 5.41) is 17.8. The summed E-state index contributed by atoms with van der Waals surface area (Å²) in [6.07, 6.45) is 1.82. The average molecular weight is 275 g/mol. The third kappa shape index (κ3) is 2.12. The number of nitrogens with two attached hydrogens (primary N) is 1. The molecule has 108 valence electrons. The molecule has 1 heterocycles. The number of nitrogens with one attached hydrogen (secondary N) is 1. The van der Waals surface area contributed by atoms with E-state index in [-0.39, 0.29) is 11.9 Å². The number of fused-ring (bicyclic) bond motifs is 1. The molecule has 20 heavy (non-hydrogen) atoms. The molecule has 0 spiro atoms. The molecular weight excluding hydrogens is 254 g/mol. The predicted molar refractivity (Wildman–Crippen MR) is 78.4 cm³/mol. The Labute approximate surface area is 118 Å². The molecule has 1 saturated heterocycles. The number of nitrogen functional groups attached to an aromatic ring is 1. The average Bonchev–Trinajstić information content (AvgIpc) is 3.00. The number of anilines is 1. The molecule has 5 heteroatoms. The van der Waals surface area contributed by atoms with Crippen molar-refractivity contribution in [2.45, 2.75) is 18.9 Å². The fourth-order valence-electron chi connectivity index (χ4n) is 3.56. The maximum atomic E-state index is 10.0. The van der Waals surface area contributed by atoms with E-state index in [0.29, 0.717) is 11.8 Å². The standard InChI is InChI=1S/C15H21N3O2/c1-20-10-3-4-11(15(16)17)13(6-10)18-7-9-2-5-14(19)12(9)8-18/h3-4,6,9,12,14,19H,2,5,7-8H2,1H3,(H3,16,17). The van der Waals surface area contributed by atoms with Gasteiger partial charge in [-0.1, -0.05) is 0 Å². The highest BCUT2D eigenvalue weighted by molar-refractivity contribution is 6.00. The SMILES string of the molecule is COc1ccc(C(=N)N)c(N2CC3CCC(O)C3C2)c1. The Bertz CT molecular complexity index is 532. The maximum Gasteiger partial charge on any atom is 0.124 e. The summed E-state index contributed by atoms with van der Waals surface area (Å²) in [5.74, 6) is 1.74. The van der Waals surface area contributed by atoms with Gasteiger partial charge in [-0.15, -0.1) is 0 Å². The second kappa shape index (κ2) is 4.98. The van der Waals surface area contributed by atoms with Gasteiger partial charge in [-0.05, 0) is 30.9 Å². The number of benzene rings is 1. The van der Waals surface area contributed by atoms with Gasteiger partial charge in [0.15, 0.2) is 0 Å². The minimum absolute atomic E-state index is 0.0697. The van der Waals surface area contributed by atoms with Crippen LogP contribution in [0.1, 0.15) is 18.4 Å². The maximum absolute atomic E-state index is 10.0. The molecule has 0 amide bonds. The van der Waals surface area contributed by atoms with Gasteiger partial charge in [0.25, 0.3) is 0 Å². The van der Waals surface area contributed by atoms with Crippen LogP contribution < -0.4 is 15.4 Å². The number of ether oxygens (including phenoxy) is 1. The van der Waals surface area contributed by atoms with Crippen LogP contribution in [0.15, 0.2) is 18.2 Å². The zero-order chi connectivity index (χ0) is 14.3. The largest absolute Gasteiger partial charge is 0.497 e. The zero-order valence-corrected chi connectivity index (χ0v) is 11.7. The molecule has 0 aromatic heterocycles. The first kappa shape index (κ1) is 13.2. The van der Waals surface area contributed by atoms with E-state index >= 15 is 0 Å². The van der Waals surface area contributed by atoms with Crippen LogP contribution in [0, 0.1) is 17.2 Å². The first-order valence-corrected chi connectivity index (χ1v) is 7.05. The Hall–Kier alpha value is -1.75.